The van der Waals surface area contributed by atoms with Gasteiger partial charge in [0.2, 0.25) is 0 Å². The van der Waals surface area contributed by atoms with Crippen molar-refractivity contribution >= 4 is 5.82 Å². The Morgan fingerprint density at radius 2 is 1.90 bits per heavy atom. The van der Waals surface area contributed by atoms with Gasteiger partial charge in [0.1, 0.15) is 17.4 Å². The van der Waals surface area contributed by atoms with Crippen LogP contribution in [-0.4, -0.2) is 42.6 Å². The predicted octanol–water partition coefficient (Wildman–Crippen LogP) is 3.46. The number of anilines is 1. The zero-order valence-electron chi connectivity index (χ0n) is 17.9. The van der Waals surface area contributed by atoms with Gasteiger partial charge >= 0.3 is 0 Å². The fraction of sp³-hybridized carbons (Fsp3) is 0.565. The van der Waals surface area contributed by atoms with E-state index in [4.69, 9.17) is 9.72 Å². The summed E-state index contributed by atoms with van der Waals surface area (Å²) in [7, 11) is 5.84. The summed E-state index contributed by atoms with van der Waals surface area (Å²) < 4.78 is 5.72. The molecule has 0 amide bonds. The van der Waals surface area contributed by atoms with Crippen molar-refractivity contribution in [1.82, 2.24) is 20.2 Å². The largest absolute Gasteiger partial charge is 0.496 e. The number of hydrogen-bond donors (Lipinski definition) is 2. The molecular formula is C23H33N5O. The molecule has 1 atom stereocenters. The third-order valence-electron chi connectivity index (χ3n) is 6.04. The van der Waals surface area contributed by atoms with Gasteiger partial charge in [-0.2, -0.15) is 0 Å². The third-order valence-corrected chi connectivity index (χ3v) is 6.04. The SMILES string of the molecule is CNc1cc(CN(C)Cc2cc3c(cc2OC)CCCC3)nc([C@H]2CCCN2)n1. The minimum atomic E-state index is 0.271. The topological polar surface area (TPSA) is 62.3 Å². The number of aryl methyl sites for hydroxylation is 2. The first-order chi connectivity index (χ1) is 14.2. The van der Waals surface area contributed by atoms with Crippen LogP contribution in [0.15, 0.2) is 18.2 Å². The summed E-state index contributed by atoms with van der Waals surface area (Å²) >= 11 is 0. The van der Waals surface area contributed by atoms with Crippen molar-refractivity contribution in [3.8, 4) is 5.75 Å². The first-order valence-electron chi connectivity index (χ1n) is 10.8. The number of aromatic nitrogens is 2. The summed E-state index contributed by atoms with van der Waals surface area (Å²) in [5, 5.41) is 6.69. The van der Waals surface area contributed by atoms with E-state index >= 15 is 0 Å². The van der Waals surface area contributed by atoms with Crippen LogP contribution in [0.25, 0.3) is 0 Å². The number of hydrogen-bond acceptors (Lipinski definition) is 6. The Hall–Kier alpha value is -2.18. The molecule has 0 bridgehead atoms. The number of methoxy groups -OCH3 is 1. The second kappa shape index (κ2) is 9.09. The zero-order valence-corrected chi connectivity index (χ0v) is 17.9. The molecule has 1 saturated heterocycles. The second-order valence-corrected chi connectivity index (χ2v) is 8.31. The standard InChI is InChI=1S/C23H33N5O/c1-24-22-13-19(26-23(27-22)20-9-6-10-25-20)15-28(2)14-18-11-16-7-4-5-8-17(16)12-21(18)29-3/h11-13,20,25H,4-10,14-15H2,1-3H3,(H,24,26,27)/t20-/m1/s1. The Morgan fingerprint density at radius 3 is 2.59 bits per heavy atom. The Bertz CT molecular complexity index is 847. The lowest BCUT2D eigenvalue weighted by Crippen LogP contribution is -2.21. The van der Waals surface area contributed by atoms with Gasteiger partial charge in [0, 0.05) is 31.8 Å². The summed E-state index contributed by atoms with van der Waals surface area (Å²) in [6, 6.07) is 6.94. The van der Waals surface area contributed by atoms with Gasteiger partial charge in [0.15, 0.2) is 0 Å². The van der Waals surface area contributed by atoms with Crippen LogP contribution < -0.4 is 15.4 Å². The van der Waals surface area contributed by atoms with Crippen molar-refractivity contribution in [3.05, 3.63) is 46.4 Å². The van der Waals surface area contributed by atoms with E-state index in [1.807, 2.05) is 7.05 Å². The number of ether oxygens (including phenoxy) is 1. The highest BCUT2D eigenvalue weighted by Gasteiger charge is 2.21. The maximum absolute atomic E-state index is 5.72. The van der Waals surface area contributed by atoms with E-state index in [1.165, 1.54) is 48.8 Å². The average Bonchev–Trinajstić information content (AvgIpc) is 3.28. The van der Waals surface area contributed by atoms with Crippen molar-refractivity contribution in [1.29, 1.82) is 0 Å². The van der Waals surface area contributed by atoms with Crippen LogP contribution in [0.1, 0.15) is 59.9 Å². The Kier molecular flexibility index (Phi) is 6.31. The molecular weight excluding hydrogens is 362 g/mol. The van der Waals surface area contributed by atoms with Gasteiger partial charge in [-0.05, 0) is 69.3 Å². The molecule has 2 N–H and O–H groups in total. The summed E-state index contributed by atoms with van der Waals surface area (Å²) in [4.78, 5) is 11.9. The van der Waals surface area contributed by atoms with E-state index in [9.17, 15) is 0 Å². The van der Waals surface area contributed by atoms with Gasteiger partial charge in [0.05, 0.1) is 18.8 Å². The van der Waals surface area contributed by atoms with Crippen LogP contribution in [0.3, 0.4) is 0 Å². The van der Waals surface area contributed by atoms with E-state index in [-0.39, 0.29) is 6.04 Å². The minimum absolute atomic E-state index is 0.271. The van der Waals surface area contributed by atoms with Crippen molar-refractivity contribution in [2.45, 2.75) is 57.7 Å². The molecule has 2 aliphatic rings. The van der Waals surface area contributed by atoms with Crippen LogP contribution in [-0.2, 0) is 25.9 Å². The molecule has 2 heterocycles. The lowest BCUT2D eigenvalue weighted by Gasteiger charge is -2.23. The van der Waals surface area contributed by atoms with Crippen molar-refractivity contribution < 1.29 is 4.74 Å². The lowest BCUT2D eigenvalue weighted by molar-refractivity contribution is 0.305. The second-order valence-electron chi connectivity index (χ2n) is 8.31. The smallest absolute Gasteiger partial charge is 0.147 e. The molecule has 1 aliphatic carbocycles. The molecule has 1 aromatic heterocycles. The molecule has 6 heteroatoms. The van der Waals surface area contributed by atoms with E-state index < -0.39 is 0 Å². The Morgan fingerprint density at radius 1 is 1.10 bits per heavy atom. The monoisotopic (exact) mass is 395 g/mol. The van der Waals surface area contributed by atoms with Crippen molar-refractivity contribution in [2.24, 2.45) is 0 Å². The highest BCUT2D eigenvalue weighted by molar-refractivity contribution is 5.44. The maximum atomic E-state index is 5.72. The van der Waals surface area contributed by atoms with Gasteiger partial charge in [0.25, 0.3) is 0 Å². The number of nitrogens with one attached hydrogen (secondary N) is 2. The summed E-state index contributed by atoms with van der Waals surface area (Å²) in [6.07, 6.45) is 7.23. The first-order valence-corrected chi connectivity index (χ1v) is 10.8. The maximum Gasteiger partial charge on any atom is 0.147 e. The molecule has 6 nitrogen and oxygen atoms in total. The van der Waals surface area contributed by atoms with Crippen LogP contribution in [0.5, 0.6) is 5.75 Å². The van der Waals surface area contributed by atoms with Gasteiger partial charge in [-0.15, -0.1) is 0 Å². The van der Waals surface area contributed by atoms with Crippen LogP contribution >= 0.6 is 0 Å². The van der Waals surface area contributed by atoms with E-state index in [0.29, 0.717) is 0 Å². The zero-order chi connectivity index (χ0) is 20.2. The van der Waals surface area contributed by atoms with Gasteiger partial charge in [-0.3, -0.25) is 4.90 Å². The van der Waals surface area contributed by atoms with Crippen LogP contribution in [0.2, 0.25) is 0 Å². The molecule has 0 unspecified atom stereocenters. The molecule has 0 spiro atoms. The van der Waals surface area contributed by atoms with Gasteiger partial charge in [-0.1, -0.05) is 6.07 Å². The molecule has 2 aromatic rings. The predicted molar refractivity (Wildman–Crippen MR) is 116 cm³/mol. The average molecular weight is 396 g/mol. The fourth-order valence-corrected chi connectivity index (χ4v) is 4.54. The lowest BCUT2D eigenvalue weighted by atomic mass is 9.90. The van der Waals surface area contributed by atoms with Crippen LogP contribution in [0.4, 0.5) is 5.82 Å². The normalized spacial score (nSPS) is 18.7. The summed E-state index contributed by atoms with van der Waals surface area (Å²) in [6.45, 7) is 2.66. The summed E-state index contributed by atoms with van der Waals surface area (Å²) in [5.41, 5.74) is 5.26. The number of fused-ring (bicyclic) bond motifs is 1. The van der Waals surface area contributed by atoms with E-state index in [1.54, 1.807) is 7.11 Å². The molecule has 1 fully saturated rings. The molecule has 0 saturated carbocycles. The number of benzene rings is 1. The molecule has 0 radical (unpaired) electrons. The molecule has 4 rings (SSSR count). The highest BCUT2D eigenvalue weighted by atomic mass is 16.5. The Balaban J connectivity index is 1.51. The minimum Gasteiger partial charge on any atom is -0.496 e. The van der Waals surface area contributed by atoms with E-state index in [0.717, 1.165) is 49.1 Å². The molecule has 1 aromatic carbocycles. The van der Waals surface area contributed by atoms with Crippen LogP contribution in [0, 0.1) is 0 Å². The number of rotatable bonds is 7. The molecule has 29 heavy (non-hydrogen) atoms. The quantitative estimate of drug-likeness (QED) is 0.749. The number of nitrogens with zero attached hydrogens (tertiary/aromatic N) is 3. The van der Waals surface area contributed by atoms with Crippen molar-refractivity contribution in [2.75, 3.05) is 33.1 Å². The van der Waals surface area contributed by atoms with Gasteiger partial charge < -0.3 is 15.4 Å². The van der Waals surface area contributed by atoms with E-state index in [2.05, 4.69) is 45.8 Å². The molecule has 1 aliphatic heterocycles. The highest BCUT2D eigenvalue weighted by Crippen LogP contribution is 2.30. The Labute approximate surface area is 174 Å². The fourth-order valence-electron chi connectivity index (χ4n) is 4.54. The van der Waals surface area contributed by atoms with Crippen molar-refractivity contribution in [3.63, 3.8) is 0 Å². The summed E-state index contributed by atoms with van der Waals surface area (Å²) in [5.74, 6) is 2.80. The van der Waals surface area contributed by atoms with Gasteiger partial charge in [-0.25, -0.2) is 9.97 Å². The first kappa shape index (κ1) is 20.1. The third kappa shape index (κ3) is 4.70. The molecule has 156 valence electrons.